The number of ether oxygens (including phenoxy) is 2. The second-order valence-corrected chi connectivity index (χ2v) is 12.2. The maximum atomic E-state index is 13.5. The summed E-state index contributed by atoms with van der Waals surface area (Å²) in [5, 5.41) is 1.02. The Hall–Kier alpha value is -2.84. The second-order valence-electron chi connectivity index (χ2n) is 10.5. The molecule has 0 aromatic heterocycles. The van der Waals surface area contributed by atoms with Crippen LogP contribution in [-0.2, 0) is 9.59 Å². The van der Waals surface area contributed by atoms with E-state index in [1.807, 2.05) is 59.3 Å². The van der Waals surface area contributed by atoms with Crippen LogP contribution < -0.4 is 14.4 Å². The first-order chi connectivity index (χ1) is 18.8. The highest BCUT2D eigenvalue weighted by atomic mass is 35.5. The Balaban J connectivity index is 1.21. The smallest absolute Gasteiger partial charge is 0.260 e. The lowest BCUT2D eigenvalue weighted by Gasteiger charge is -2.45. The lowest BCUT2D eigenvalue weighted by molar-refractivity contribution is -0.139. The standard InChI is InChI=1S/C30H36ClN3O4S/c1-19-5-8-22(31)18-23(19)33-11-13-34(14-12-33)29(35)21-7-10-27-24(17-21)32(2)30(36)28(39-27)16-20-6-9-25(37-3)26(15-20)38-4/h5-6,8-9,15-16,18,21,24,27H,7,10-14,17H2,1-4H3/b28-16-. The third-order valence-electron chi connectivity index (χ3n) is 8.22. The van der Waals surface area contributed by atoms with Crippen LogP contribution in [0.5, 0.6) is 11.5 Å². The largest absolute Gasteiger partial charge is 0.493 e. The molecule has 1 aliphatic carbocycles. The van der Waals surface area contributed by atoms with E-state index in [0.29, 0.717) is 24.6 Å². The third-order valence-corrected chi connectivity index (χ3v) is 9.85. The summed E-state index contributed by atoms with van der Waals surface area (Å²) < 4.78 is 10.8. The van der Waals surface area contributed by atoms with Gasteiger partial charge in [0.1, 0.15) is 0 Å². The van der Waals surface area contributed by atoms with Crippen LogP contribution in [-0.4, -0.2) is 80.4 Å². The highest BCUT2D eigenvalue weighted by molar-refractivity contribution is 8.04. The molecule has 2 saturated heterocycles. The van der Waals surface area contributed by atoms with E-state index >= 15 is 0 Å². The highest BCUT2D eigenvalue weighted by Gasteiger charge is 2.43. The number of aryl methyl sites for hydroxylation is 1. The Kier molecular flexibility index (Phi) is 8.33. The normalized spacial score (nSPS) is 24.5. The van der Waals surface area contributed by atoms with Gasteiger partial charge >= 0.3 is 0 Å². The third kappa shape index (κ3) is 5.73. The number of amides is 2. The predicted octanol–water partition coefficient (Wildman–Crippen LogP) is 5.10. The monoisotopic (exact) mass is 569 g/mol. The van der Waals surface area contributed by atoms with Gasteiger partial charge in [-0.15, -0.1) is 11.8 Å². The fraction of sp³-hybridized carbons (Fsp3) is 0.467. The van der Waals surface area contributed by atoms with Crippen LogP contribution in [0.2, 0.25) is 5.02 Å². The lowest BCUT2D eigenvalue weighted by atomic mass is 9.83. The minimum absolute atomic E-state index is 0.00893. The van der Waals surface area contributed by atoms with Crippen molar-refractivity contribution in [3.8, 4) is 11.5 Å². The number of rotatable bonds is 5. The molecule has 2 heterocycles. The van der Waals surface area contributed by atoms with Gasteiger partial charge in [-0.2, -0.15) is 0 Å². The molecule has 2 amide bonds. The Labute approximate surface area is 240 Å². The van der Waals surface area contributed by atoms with E-state index in [1.54, 1.807) is 26.0 Å². The zero-order valence-corrected chi connectivity index (χ0v) is 24.6. The number of methoxy groups -OCH3 is 2. The molecule has 39 heavy (non-hydrogen) atoms. The van der Waals surface area contributed by atoms with Gasteiger partial charge < -0.3 is 24.2 Å². The molecule has 3 fully saturated rings. The molecule has 7 nitrogen and oxygen atoms in total. The van der Waals surface area contributed by atoms with Crippen molar-refractivity contribution in [2.75, 3.05) is 52.3 Å². The summed E-state index contributed by atoms with van der Waals surface area (Å²) in [7, 11) is 5.09. The Morgan fingerprint density at radius 1 is 1.03 bits per heavy atom. The summed E-state index contributed by atoms with van der Waals surface area (Å²) in [6.07, 6.45) is 4.41. The van der Waals surface area contributed by atoms with Crippen molar-refractivity contribution in [3.63, 3.8) is 0 Å². The summed E-state index contributed by atoms with van der Waals surface area (Å²) >= 11 is 7.88. The molecular formula is C30H36ClN3O4S. The van der Waals surface area contributed by atoms with Crippen molar-refractivity contribution in [2.24, 2.45) is 5.92 Å². The van der Waals surface area contributed by atoms with Crippen LogP contribution in [0.1, 0.15) is 30.4 Å². The van der Waals surface area contributed by atoms with Crippen LogP contribution in [0.3, 0.4) is 0 Å². The van der Waals surface area contributed by atoms with E-state index in [1.165, 1.54) is 5.56 Å². The first-order valence-electron chi connectivity index (χ1n) is 13.5. The molecule has 2 aromatic carbocycles. The molecule has 0 N–H and O–H groups in total. The molecule has 0 bridgehead atoms. The quantitative estimate of drug-likeness (QED) is 0.467. The van der Waals surface area contributed by atoms with Gasteiger partial charge in [0, 0.05) is 61.1 Å². The SMILES string of the molecule is COc1ccc(/C=C2\SC3CCC(C(=O)N4CCN(c5cc(Cl)ccc5C)CC4)CC3N(C)C2=O)cc1OC. The van der Waals surface area contributed by atoms with Gasteiger partial charge in [-0.25, -0.2) is 0 Å². The summed E-state index contributed by atoms with van der Waals surface area (Å²) in [4.78, 5) is 33.8. The summed E-state index contributed by atoms with van der Waals surface area (Å²) in [5.74, 6) is 1.48. The molecule has 208 valence electrons. The van der Waals surface area contributed by atoms with Gasteiger partial charge in [0.2, 0.25) is 5.91 Å². The van der Waals surface area contributed by atoms with Crippen molar-refractivity contribution in [3.05, 3.63) is 57.5 Å². The fourth-order valence-electron chi connectivity index (χ4n) is 5.97. The molecule has 0 spiro atoms. The molecular weight excluding hydrogens is 534 g/mol. The highest BCUT2D eigenvalue weighted by Crippen LogP contribution is 2.44. The van der Waals surface area contributed by atoms with Crippen LogP contribution in [0.4, 0.5) is 5.69 Å². The number of likely N-dealkylation sites (N-methyl/N-ethyl adjacent to an activating group) is 1. The maximum absolute atomic E-state index is 13.5. The number of thioether (sulfide) groups is 1. The molecule has 0 radical (unpaired) electrons. The fourth-order valence-corrected chi connectivity index (χ4v) is 7.61. The number of benzene rings is 2. The second kappa shape index (κ2) is 11.7. The topological polar surface area (TPSA) is 62.3 Å². The number of hydrogen-bond acceptors (Lipinski definition) is 6. The number of anilines is 1. The Morgan fingerprint density at radius 3 is 2.49 bits per heavy atom. The van der Waals surface area contributed by atoms with E-state index in [-0.39, 0.29) is 29.0 Å². The van der Waals surface area contributed by atoms with Crippen LogP contribution in [0.25, 0.3) is 6.08 Å². The van der Waals surface area contributed by atoms with E-state index in [0.717, 1.165) is 53.5 Å². The molecule has 5 rings (SSSR count). The molecule has 2 aromatic rings. The molecule has 3 atom stereocenters. The predicted molar refractivity (Wildman–Crippen MR) is 158 cm³/mol. The summed E-state index contributed by atoms with van der Waals surface area (Å²) in [5.41, 5.74) is 3.23. The van der Waals surface area contributed by atoms with E-state index < -0.39 is 0 Å². The number of carbonyl (C=O) groups excluding carboxylic acids is 2. The first kappa shape index (κ1) is 27.7. The maximum Gasteiger partial charge on any atom is 0.260 e. The molecule has 2 aliphatic heterocycles. The number of piperazine rings is 1. The summed E-state index contributed by atoms with van der Waals surface area (Å²) in [6, 6.07) is 11.7. The Morgan fingerprint density at radius 2 is 1.77 bits per heavy atom. The van der Waals surface area contributed by atoms with Gasteiger partial charge in [0.05, 0.1) is 19.1 Å². The Bertz CT molecular complexity index is 1280. The number of nitrogens with zero attached hydrogens (tertiary/aromatic N) is 3. The minimum Gasteiger partial charge on any atom is -0.493 e. The van der Waals surface area contributed by atoms with Gasteiger partial charge in [0.25, 0.3) is 5.91 Å². The van der Waals surface area contributed by atoms with Gasteiger partial charge in [-0.1, -0.05) is 23.7 Å². The number of carbonyl (C=O) groups is 2. The van der Waals surface area contributed by atoms with Crippen molar-refractivity contribution in [2.45, 2.75) is 37.5 Å². The zero-order valence-electron chi connectivity index (χ0n) is 23.0. The van der Waals surface area contributed by atoms with Crippen molar-refractivity contribution >= 4 is 46.9 Å². The zero-order chi connectivity index (χ0) is 27.7. The van der Waals surface area contributed by atoms with Gasteiger partial charge in [-0.3, -0.25) is 9.59 Å². The lowest BCUT2D eigenvalue weighted by Crippen LogP contribution is -2.55. The van der Waals surface area contributed by atoms with Crippen LogP contribution >= 0.6 is 23.4 Å². The van der Waals surface area contributed by atoms with Crippen molar-refractivity contribution < 1.29 is 19.1 Å². The average molecular weight is 570 g/mol. The van der Waals surface area contributed by atoms with Crippen molar-refractivity contribution in [1.82, 2.24) is 9.80 Å². The number of hydrogen-bond donors (Lipinski definition) is 0. The van der Waals surface area contributed by atoms with E-state index in [4.69, 9.17) is 21.1 Å². The molecule has 3 unspecified atom stereocenters. The average Bonchev–Trinajstić information content (AvgIpc) is 2.96. The summed E-state index contributed by atoms with van der Waals surface area (Å²) in [6.45, 7) is 5.10. The van der Waals surface area contributed by atoms with Crippen LogP contribution in [0, 0.1) is 12.8 Å². The minimum atomic E-state index is -0.0436. The molecule has 9 heteroatoms. The number of halogens is 1. The number of fused-ring (bicyclic) bond motifs is 1. The first-order valence-corrected chi connectivity index (χ1v) is 14.7. The van der Waals surface area contributed by atoms with E-state index in [2.05, 4.69) is 11.8 Å². The van der Waals surface area contributed by atoms with Gasteiger partial charge in [0.15, 0.2) is 11.5 Å². The van der Waals surface area contributed by atoms with Gasteiger partial charge in [-0.05, 0) is 67.7 Å². The van der Waals surface area contributed by atoms with Crippen LogP contribution in [0.15, 0.2) is 41.3 Å². The molecule has 3 aliphatic rings. The molecule has 1 saturated carbocycles. The van der Waals surface area contributed by atoms with E-state index in [9.17, 15) is 9.59 Å². The van der Waals surface area contributed by atoms with Crippen molar-refractivity contribution in [1.29, 1.82) is 0 Å².